The third kappa shape index (κ3) is 11.5. The van der Waals surface area contributed by atoms with E-state index >= 15 is 0 Å². The normalized spacial score (nSPS) is 15.1. The summed E-state index contributed by atoms with van der Waals surface area (Å²) >= 11 is 17.8. The summed E-state index contributed by atoms with van der Waals surface area (Å²) in [5, 5.41) is 25.7. The molecule has 57 heavy (non-hydrogen) atoms. The van der Waals surface area contributed by atoms with Crippen molar-refractivity contribution < 1.29 is 18.9 Å². The lowest BCUT2D eigenvalue weighted by Crippen LogP contribution is -2.11. The largest absolute Gasteiger partial charge is 0.497 e. The summed E-state index contributed by atoms with van der Waals surface area (Å²) in [6, 6.07) is 18.0. The van der Waals surface area contributed by atoms with Gasteiger partial charge in [-0.25, -0.2) is 0 Å². The van der Waals surface area contributed by atoms with Gasteiger partial charge in [-0.05, 0) is 140 Å². The molecule has 0 amide bonds. The molecule has 0 spiro atoms. The van der Waals surface area contributed by atoms with E-state index in [1.165, 1.54) is 68.9 Å². The predicted molar refractivity (Wildman–Crippen MR) is 225 cm³/mol. The van der Waals surface area contributed by atoms with Crippen molar-refractivity contribution in [3.8, 4) is 23.0 Å². The Balaban J connectivity index is 0.000000151. The third-order valence-electron chi connectivity index (χ3n) is 11.3. The maximum atomic E-state index is 6.19. The van der Waals surface area contributed by atoms with Crippen molar-refractivity contribution in [3.63, 3.8) is 0 Å². The van der Waals surface area contributed by atoms with Crippen LogP contribution in [0.2, 0.25) is 15.5 Å². The lowest BCUT2D eigenvalue weighted by molar-refractivity contribution is 0.390. The number of hydrogen-bond acceptors (Lipinski definition) is 10. The quantitative estimate of drug-likeness (QED) is 0.114. The van der Waals surface area contributed by atoms with Gasteiger partial charge in [-0.2, -0.15) is 15.3 Å². The van der Waals surface area contributed by atoms with Gasteiger partial charge in [0, 0.05) is 12.1 Å². The van der Waals surface area contributed by atoms with Crippen LogP contribution in [-0.2, 0) is 25.7 Å². The van der Waals surface area contributed by atoms with Gasteiger partial charge in [0.05, 0.1) is 46.0 Å². The minimum absolute atomic E-state index is 0.432. The second-order valence-electron chi connectivity index (χ2n) is 14.7. The fourth-order valence-electron chi connectivity index (χ4n) is 7.09. The zero-order valence-corrected chi connectivity index (χ0v) is 35.4. The summed E-state index contributed by atoms with van der Waals surface area (Å²) < 4.78 is 21.4. The number of rotatable bonds is 13. The number of halogens is 3. The Morgan fingerprint density at radius 3 is 1.47 bits per heavy atom. The van der Waals surface area contributed by atoms with Crippen LogP contribution in [0.15, 0.2) is 60.8 Å². The highest BCUT2D eigenvalue weighted by Crippen LogP contribution is 2.40. The summed E-state index contributed by atoms with van der Waals surface area (Å²) in [5.41, 5.74) is 7.90. The summed E-state index contributed by atoms with van der Waals surface area (Å²) in [4.78, 5) is 0. The summed E-state index contributed by atoms with van der Waals surface area (Å²) in [5.74, 6) is 5.13. The van der Waals surface area contributed by atoms with Gasteiger partial charge in [0.25, 0.3) is 0 Å². The molecule has 0 radical (unpaired) electrons. The van der Waals surface area contributed by atoms with Gasteiger partial charge >= 0.3 is 0 Å². The Morgan fingerprint density at radius 2 is 1.00 bits per heavy atom. The molecule has 3 heterocycles. The Bertz CT molecular complexity index is 2080. The number of nitrogens with zero attached hydrogens (tertiary/aromatic N) is 6. The first-order chi connectivity index (χ1) is 27.8. The molecule has 302 valence electrons. The van der Waals surface area contributed by atoms with Gasteiger partial charge in [-0.1, -0.05) is 66.2 Å². The van der Waals surface area contributed by atoms with Crippen molar-refractivity contribution in [3.05, 3.63) is 115 Å². The van der Waals surface area contributed by atoms with Crippen molar-refractivity contribution in [1.82, 2.24) is 30.6 Å². The molecular formula is C44H51Cl3N6O4. The minimum Gasteiger partial charge on any atom is -0.497 e. The number of aromatic nitrogens is 6. The van der Waals surface area contributed by atoms with Gasteiger partial charge < -0.3 is 18.9 Å². The average molecular weight is 834 g/mol. The van der Waals surface area contributed by atoms with Crippen molar-refractivity contribution >= 4 is 34.8 Å². The molecule has 0 atom stereocenters. The maximum absolute atomic E-state index is 6.19. The topological polar surface area (TPSA) is 114 Å². The standard InChI is InChI=1S/C18H21ClN2O2.C18H22N2O2.C8H8Cl2N2/c1-22-15-9-7-13(17(11-15)23-2)6-8-14-10-16(12-4-3-5-12)18(19)21-20-14;1-21-17-9-7-14(18(11-17)22-2)6-8-16-10-15(12-19-20-16)13-4-3-5-13;9-7-4-6(5-2-1-3-5)8(10)12-11-7/h7,9-12H,3-6,8H2,1-2H3;7,9-13H,3-6,8H2,1-2H3;4-5H,1-3H2. The highest BCUT2D eigenvalue weighted by molar-refractivity contribution is 6.31. The Morgan fingerprint density at radius 1 is 0.509 bits per heavy atom. The number of hydrogen-bond donors (Lipinski definition) is 0. The van der Waals surface area contributed by atoms with Crippen LogP contribution in [0.3, 0.4) is 0 Å². The molecule has 3 aliphatic rings. The van der Waals surface area contributed by atoms with Crippen molar-refractivity contribution in [1.29, 1.82) is 0 Å². The fraction of sp³-hybridized carbons (Fsp3) is 0.455. The van der Waals surface area contributed by atoms with Crippen molar-refractivity contribution in [2.45, 2.75) is 101 Å². The molecule has 5 aromatic rings. The number of ether oxygens (including phenoxy) is 4. The molecule has 13 heteroatoms. The molecule has 0 aliphatic heterocycles. The van der Waals surface area contributed by atoms with Crippen LogP contribution in [0.1, 0.15) is 115 Å². The predicted octanol–water partition coefficient (Wildman–Crippen LogP) is 10.8. The maximum Gasteiger partial charge on any atom is 0.155 e. The monoisotopic (exact) mass is 832 g/mol. The van der Waals surface area contributed by atoms with Gasteiger partial charge in [0.1, 0.15) is 23.0 Å². The Labute approximate surface area is 351 Å². The molecule has 2 aromatic carbocycles. The summed E-state index contributed by atoms with van der Waals surface area (Å²) in [6.07, 6.45) is 16.6. The highest BCUT2D eigenvalue weighted by Gasteiger charge is 2.24. The lowest BCUT2D eigenvalue weighted by atomic mass is 9.80. The van der Waals surface area contributed by atoms with E-state index in [1.54, 1.807) is 28.4 Å². The van der Waals surface area contributed by atoms with E-state index in [4.69, 9.17) is 53.8 Å². The smallest absolute Gasteiger partial charge is 0.155 e. The fourth-order valence-corrected chi connectivity index (χ4v) is 7.74. The van der Waals surface area contributed by atoms with Crippen LogP contribution in [0.5, 0.6) is 23.0 Å². The van der Waals surface area contributed by atoms with Crippen LogP contribution in [0.4, 0.5) is 0 Å². The van der Waals surface area contributed by atoms with Gasteiger partial charge in [-0.3, -0.25) is 0 Å². The molecule has 3 aliphatic carbocycles. The van der Waals surface area contributed by atoms with Gasteiger partial charge in [0.2, 0.25) is 0 Å². The van der Waals surface area contributed by atoms with Gasteiger partial charge in [-0.15, -0.1) is 15.3 Å². The third-order valence-corrected chi connectivity index (χ3v) is 12.0. The van der Waals surface area contributed by atoms with Crippen LogP contribution >= 0.6 is 34.8 Å². The Kier molecular flexibility index (Phi) is 15.6. The number of methoxy groups -OCH3 is 4. The van der Waals surface area contributed by atoms with E-state index in [2.05, 4.69) is 48.8 Å². The molecule has 10 nitrogen and oxygen atoms in total. The molecule has 0 saturated heterocycles. The van der Waals surface area contributed by atoms with Gasteiger partial charge in [0.15, 0.2) is 15.5 Å². The molecule has 8 rings (SSSR count). The van der Waals surface area contributed by atoms with E-state index in [0.717, 1.165) is 76.8 Å². The minimum atomic E-state index is 0.432. The average Bonchev–Trinajstić information content (AvgIpc) is 3.17. The van der Waals surface area contributed by atoms with E-state index in [-0.39, 0.29) is 0 Å². The molecule has 3 aromatic heterocycles. The molecule has 3 saturated carbocycles. The zero-order valence-electron chi connectivity index (χ0n) is 33.1. The van der Waals surface area contributed by atoms with E-state index in [0.29, 0.717) is 33.2 Å². The van der Waals surface area contributed by atoms with Crippen LogP contribution in [0.25, 0.3) is 0 Å². The van der Waals surface area contributed by atoms with E-state index in [1.807, 2.05) is 42.6 Å². The number of benzene rings is 2. The van der Waals surface area contributed by atoms with Crippen molar-refractivity contribution in [2.24, 2.45) is 0 Å². The van der Waals surface area contributed by atoms with Crippen LogP contribution in [0, 0.1) is 0 Å². The van der Waals surface area contributed by atoms with E-state index < -0.39 is 0 Å². The molecular weight excluding hydrogens is 783 g/mol. The first-order valence-corrected chi connectivity index (χ1v) is 20.9. The second-order valence-corrected chi connectivity index (χ2v) is 15.8. The first kappa shape index (κ1) is 42.4. The SMILES string of the molecule is COc1ccc(CCc2cc(C3CCC3)c(Cl)nn2)c(OC)c1.COc1ccc(CCc2cc(C3CCC3)cnn2)c(OC)c1.Clc1cc(C2CCC2)c(Cl)nn1. The molecule has 0 bridgehead atoms. The molecule has 3 fully saturated rings. The zero-order chi connectivity index (χ0) is 40.1. The second kappa shape index (κ2) is 21.0. The summed E-state index contributed by atoms with van der Waals surface area (Å²) in [6.45, 7) is 0. The van der Waals surface area contributed by atoms with Crippen LogP contribution in [-0.4, -0.2) is 59.0 Å². The summed E-state index contributed by atoms with van der Waals surface area (Å²) in [7, 11) is 6.68. The van der Waals surface area contributed by atoms with Crippen molar-refractivity contribution in [2.75, 3.05) is 28.4 Å². The molecule has 0 unspecified atom stereocenters. The Hall–Kier alpha value is -4.25. The number of aryl methyl sites for hydroxylation is 4. The van der Waals surface area contributed by atoms with E-state index in [9.17, 15) is 0 Å². The highest BCUT2D eigenvalue weighted by atomic mass is 35.5. The molecule has 0 N–H and O–H groups in total. The lowest BCUT2D eigenvalue weighted by Gasteiger charge is -2.26. The van der Waals surface area contributed by atoms with Crippen LogP contribution < -0.4 is 18.9 Å². The first-order valence-electron chi connectivity index (χ1n) is 19.7.